The number of carbonyl (C=O) groups excluding carboxylic acids is 1. The summed E-state index contributed by atoms with van der Waals surface area (Å²) in [6.07, 6.45) is 5.28. The van der Waals surface area contributed by atoms with Gasteiger partial charge in [0, 0.05) is 23.3 Å². The minimum Gasteiger partial charge on any atom is -0.466 e. The topological polar surface area (TPSA) is 38.8 Å². The predicted octanol–water partition coefficient (Wildman–Crippen LogP) is 2.27. The van der Waals surface area contributed by atoms with Crippen molar-refractivity contribution in [2.75, 3.05) is 26.3 Å². The Labute approximate surface area is 135 Å². The zero-order chi connectivity index (χ0) is 15.6. The SMILES string of the molecule is O=C(CCN1CCOC1/C=C/c1ccccc1)OCCC[Si]. The third kappa shape index (κ3) is 5.75. The molecular formula is C17H22NO3Si. The second-order valence-corrected chi connectivity index (χ2v) is 5.64. The fourth-order valence-corrected chi connectivity index (χ4v) is 2.41. The van der Waals surface area contributed by atoms with Crippen LogP contribution in [0.5, 0.6) is 0 Å². The maximum Gasteiger partial charge on any atom is 0.307 e. The lowest BCUT2D eigenvalue weighted by Gasteiger charge is -2.19. The molecule has 3 radical (unpaired) electrons. The first kappa shape index (κ1) is 16.9. The monoisotopic (exact) mass is 316 g/mol. The summed E-state index contributed by atoms with van der Waals surface area (Å²) in [5.41, 5.74) is 1.15. The van der Waals surface area contributed by atoms with Crippen molar-refractivity contribution in [3.8, 4) is 0 Å². The van der Waals surface area contributed by atoms with Crippen molar-refractivity contribution >= 4 is 22.3 Å². The highest BCUT2D eigenvalue weighted by Crippen LogP contribution is 2.14. The van der Waals surface area contributed by atoms with Gasteiger partial charge in [0.05, 0.1) is 19.6 Å². The Morgan fingerprint density at radius 2 is 2.23 bits per heavy atom. The van der Waals surface area contributed by atoms with Crippen molar-refractivity contribution in [1.82, 2.24) is 4.90 Å². The number of carbonyl (C=O) groups is 1. The number of esters is 1. The van der Waals surface area contributed by atoms with Crippen LogP contribution in [0, 0.1) is 0 Å². The van der Waals surface area contributed by atoms with Gasteiger partial charge in [0.2, 0.25) is 0 Å². The van der Waals surface area contributed by atoms with Crippen molar-refractivity contribution in [2.24, 2.45) is 0 Å². The molecule has 0 saturated carbocycles. The van der Waals surface area contributed by atoms with Crippen molar-refractivity contribution < 1.29 is 14.3 Å². The molecule has 117 valence electrons. The molecule has 0 aromatic heterocycles. The third-order valence-electron chi connectivity index (χ3n) is 3.47. The van der Waals surface area contributed by atoms with Crippen LogP contribution in [0.2, 0.25) is 6.04 Å². The van der Waals surface area contributed by atoms with Crippen LogP contribution in [-0.4, -0.2) is 53.6 Å². The highest BCUT2D eigenvalue weighted by Gasteiger charge is 2.23. The molecular weight excluding hydrogens is 294 g/mol. The molecule has 0 spiro atoms. The molecule has 1 aromatic rings. The lowest BCUT2D eigenvalue weighted by Crippen LogP contribution is -2.31. The van der Waals surface area contributed by atoms with Gasteiger partial charge in [0.25, 0.3) is 0 Å². The number of rotatable bonds is 8. The largest absolute Gasteiger partial charge is 0.466 e. The van der Waals surface area contributed by atoms with Crippen LogP contribution in [0.3, 0.4) is 0 Å². The summed E-state index contributed by atoms with van der Waals surface area (Å²) < 4.78 is 10.8. The van der Waals surface area contributed by atoms with E-state index >= 15 is 0 Å². The van der Waals surface area contributed by atoms with E-state index in [1.54, 1.807) is 0 Å². The van der Waals surface area contributed by atoms with Gasteiger partial charge in [-0.05, 0) is 18.1 Å². The van der Waals surface area contributed by atoms with Crippen LogP contribution in [0.15, 0.2) is 36.4 Å². The zero-order valence-corrected chi connectivity index (χ0v) is 13.7. The Morgan fingerprint density at radius 1 is 1.41 bits per heavy atom. The number of benzene rings is 1. The maximum absolute atomic E-state index is 11.6. The van der Waals surface area contributed by atoms with E-state index in [0.29, 0.717) is 26.2 Å². The quantitative estimate of drug-likeness (QED) is 0.419. The van der Waals surface area contributed by atoms with Crippen LogP contribution in [-0.2, 0) is 14.3 Å². The molecule has 1 unspecified atom stereocenters. The van der Waals surface area contributed by atoms with Gasteiger partial charge in [-0.2, -0.15) is 0 Å². The molecule has 0 N–H and O–H groups in total. The van der Waals surface area contributed by atoms with Gasteiger partial charge >= 0.3 is 5.97 Å². The first-order valence-electron chi connectivity index (χ1n) is 7.69. The van der Waals surface area contributed by atoms with Crippen molar-refractivity contribution in [1.29, 1.82) is 0 Å². The normalized spacial score (nSPS) is 18.9. The molecule has 22 heavy (non-hydrogen) atoms. The predicted molar refractivity (Wildman–Crippen MR) is 87.5 cm³/mol. The minimum atomic E-state index is -0.141. The molecule has 0 amide bonds. The molecule has 1 heterocycles. The Hall–Kier alpha value is -1.43. The van der Waals surface area contributed by atoms with Gasteiger partial charge < -0.3 is 9.47 Å². The molecule has 1 aromatic carbocycles. The van der Waals surface area contributed by atoms with Gasteiger partial charge in [-0.1, -0.05) is 42.5 Å². The highest BCUT2D eigenvalue weighted by atomic mass is 28.1. The van der Waals surface area contributed by atoms with E-state index in [-0.39, 0.29) is 12.2 Å². The summed E-state index contributed by atoms with van der Waals surface area (Å²) in [7, 11) is 3.36. The van der Waals surface area contributed by atoms with E-state index in [4.69, 9.17) is 9.47 Å². The minimum absolute atomic E-state index is 0.0600. The molecule has 1 aliphatic rings. The van der Waals surface area contributed by atoms with Gasteiger partial charge in [-0.25, -0.2) is 0 Å². The summed E-state index contributed by atoms with van der Waals surface area (Å²) >= 11 is 0. The highest BCUT2D eigenvalue weighted by molar-refractivity contribution is 6.08. The molecule has 1 aliphatic heterocycles. The van der Waals surface area contributed by atoms with Crippen LogP contribution in [0.4, 0.5) is 0 Å². The fourth-order valence-electron chi connectivity index (χ4n) is 2.26. The first-order chi connectivity index (χ1) is 10.8. The van der Waals surface area contributed by atoms with Gasteiger partial charge in [0.15, 0.2) is 0 Å². The average molecular weight is 316 g/mol. The van der Waals surface area contributed by atoms with Gasteiger partial charge in [-0.15, -0.1) is 0 Å². The van der Waals surface area contributed by atoms with E-state index in [2.05, 4.69) is 33.4 Å². The van der Waals surface area contributed by atoms with Crippen LogP contribution in [0.25, 0.3) is 6.08 Å². The summed E-state index contributed by atoms with van der Waals surface area (Å²) in [6.45, 7) is 2.69. The van der Waals surface area contributed by atoms with E-state index < -0.39 is 0 Å². The second-order valence-electron chi connectivity index (χ2n) is 5.14. The fraction of sp³-hybridized carbons (Fsp3) is 0.471. The Bertz CT molecular complexity index is 478. The molecule has 0 aliphatic carbocycles. The van der Waals surface area contributed by atoms with Crippen molar-refractivity contribution in [3.05, 3.63) is 42.0 Å². The van der Waals surface area contributed by atoms with Crippen molar-refractivity contribution in [2.45, 2.75) is 25.1 Å². The Morgan fingerprint density at radius 3 is 3.00 bits per heavy atom. The number of hydrogen-bond acceptors (Lipinski definition) is 4. The standard InChI is InChI=1S/C17H22NO3Si/c19-17(21-12-4-14-22)9-10-18-11-13-20-16(18)8-7-15-5-2-1-3-6-15/h1-3,5-8,16H,4,9-14H2/b8-7+. The molecule has 5 heteroatoms. The molecule has 2 rings (SSSR count). The third-order valence-corrected chi connectivity index (χ3v) is 3.82. The van der Waals surface area contributed by atoms with Gasteiger partial charge in [0.1, 0.15) is 6.23 Å². The first-order valence-corrected chi connectivity index (χ1v) is 8.39. The van der Waals surface area contributed by atoms with E-state index in [1.165, 1.54) is 0 Å². The van der Waals surface area contributed by atoms with E-state index in [9.17, 15) is 4.79 Å². The summed E-state index contributed by atoms with van der Waals surface area (Å²) in [6, 6.07) is 11.0. The summed E-state index contributed by atoms with van der Waals surface area (Å²) in [5, 5.41) is 0. The molecule has 1 fully saturated rings. The van der Waals surface area contributed by atoms with Crippen molar-refractivity contribution in [3.63, 3.8) is 0 Å². The Balaban J connectivity index is 1.76. The zero-order valence-electron chi connectivity index (χ0n) is 12.7. The number of ether oxygens (including phenoxy) is 2. The maximum atomic E-state index is 11.6. The average Bonchev–Trinajstić information content (AvgIpc) is 3.00. The smallest absolute Gasteiger partial charge is 0.307 e. The van der Waals surface area contributed by atoms with Crippen LogP contribution in [0.1, 0.15) is 18.4 Å². The van der Waals surface area contributed by atoms with E-state index in [0.717, 1.165) is 24.6 Å². The molecule has 1 atom stereocenters. The molecule has 1 saturated heterocycles. The van der Waals surface area contributed by atoms with Gasteiger partial charge in [-0.3, -0.25) is 9.69 Å². The Kier molecular flexibility index (Phi) is 7.35. The van der Waals surface area contributed by atoms with Crippen LogP contribution >= 0.6 is 0 Å². The second kappa shape index (κ2) is 9.56. The number of nitrogens with zero attached hydrogens (tertiary/aromatic N) is 1. The number of hydrogen-bond donors (Lipinski definition) is 0. The molecule has 0 bridgehead atoms. The van der Waals surface area contributed by atoms with Crippen LogP contribution < -0.4 is 0 Å². The summed E-state index contributed by atoms with van der Waals surface area (Å²) in [5.74, 6) is -0.141. The molecule has 4 nitrogen and oxygen atoms in total. The van der Waals surface area contributed by atoms with E-state index in [1.807, 2.05) is 24.3 Å². The lowest BCUT2D eigenvalue weighted by molar-refractivity contribution is -0.144. The summed E-state index contributed by atoms with van der Waals surface area (Å²) in [4.78, 5) is 13.8. The lowest BCUT2D eigenvalue weighted by atomic mass is 10.2.